The van der Waals surface area contributed by atoms with Gasteiger partial charge >= 0.3 is 7.60 Å². The lowest BCUT2D eigenvalue weighted by Crippen LogP contribution is -2.25. The first-order valence-electron chi connectivity index (χ1n) is 2.58. The molecule has 0 amide bonds. The molecule has 0 heterocycles. The van der Waals surface area contributed by atoms with Crippen molar-refractivity contribution in [2.75, 3.05) is 6.16 Å². The second-order valence-corrected chi connectivity index (χ2v) is 3.60. The topological polar surface area (TPSA) is 110 Å². The normalized spacial score (nSPS) is 15.2. The standard InChI is InChI=1S/C3H10NO5P/c5-3(4-6)1-2-10(7,8)9/h3-6H,1-2H2,(H2,7,8,9). The molecule has 0 aromatic rings. The van der Waals surface area contributed by atoms with E-state index in [-0.39, 0.29) is 6.42 Å². The molecule has 5 N–H and O–H groups in total. The van der Waals surface area contributed by atoms with Crippen LogP contribution in [0, 0.1) is 0 Å². The van der Waals surface area contributed by atoms with Crippen LogP contribution in [0.1, 0.15) is 6.42 Å². The van der Waals surface area contributed by atoms with Gasteiger partial charge in [-0.05, 0) is 6.42 Å². The molecule has 0 spiro atoms. The third-order valence-electron chi connectivity index (χ3n) is 0.843. The highest BCUT2D eigenvalue weighted by Gasteiger charge is 2.14. The summed E-state index contributed by atoms with van der Waals surface area (Å²) in [5.41, 5.74) is 1.45. The molecule has 0 fully saturated rings. The summed E-state index contributed by atoms with van der Waals surface area (Å²) in [5, 5.41) is 16.5. The zero-order valence-electron chi connectivity index (χ0n) is 5.14. The van der Waals surface area contributed by atoms with E-state index in [0.717, 1.165) is 0 Å². The van der Waals surface area contributed by atoms with Crippen molar-refractivity contribution in [3.8, 4) is 0 Å². The molecule has 0 rings (SSSR count). The smallest absolute Gasteiger partial charge is 0.325 e. The van der Waals surface area contributed by atoms with Crippen molar-refractivity contribution in [3.63, 3.8) is 0 Å². The molecule has 0 saturated carbocycles. The molecule has 6 nitrogen and oxygen atoms in total. The minimum absolute atomic E-state index is 0.180. The lowest BCUT2D eigenvalue weighted by atomic mass is 10.4. The average Bonchev–Trinajstić information content (AvgIpc) is 1.81. The van der Waals surface area contributed by atoms with Crippen LogP contribution >= 0.6 is 7.60 Å². The Morgan fingerprint density at radius 1 is 1.50 bits per heavy atom. The van der Waals surface area contributed by atoms with Gasteiger partial charge in [0.2, 0.25) is 0 Å². The molecular weight excluding hydrogens is 161 g/mol. The molecule has 0 aliphatic rings. The largest absolute Gasteiger partial charge is 0.376 e. The Kier molecular flexibility index (Phi) is 4.04. The molecule has 0 aliphatic heterocycles. The van der Waals surface area contributed by atoms with E-state index in [0.29, 0.717) is 0 Å². The van der Waals surface area contributed by atoms with Crippen molar-refractivity contribution in [3.05, 3.63) is 0 Å². The Morgan fingerprint density at radius 3 is 2.30 bits per heavy atom. The summed E-state index contributed by atoms with van der Waals surface area (Å²) in [6, 6.07) is 0. The molecule has 0 aliphatic carbocycles. The first-order valence-corrected chi connectivity index (χ1v) is 4.38. The Hall–Kier alpha value is 0.0300. The van der Waals surface area contributed by atoms with E-state index in [2.05, 4.69) is 0 Å². The second kappa shape index (κ2) is 4.02. The van der Waals surface area contributed by atoms with Crippen molar-refractivity contribution < 1.29 is 24.7 Å². The van der Waals surface area contributed by atoms with Crippen molar-refractivity contribution in [1.29, 1.82) is 0 Å². The minimum Gasteiger partial charge on any atom is -0.376 e. The highest BCUT2D eigenvalue weighted by Crippen LogP contribution is 2.34. The molecule has 1 atom stereocenters. The Morgan fingerprint density at radius 2 is 2.00 bits per heavy atom. The molecular formula is C3H10NO5P. The zero-order chi connectivity index (χ0) is 8.20. The fourth-order valence-electron chi connectivity index (χ4n) is 0.355. The lowest BCUT2D eigenvalue weighted by Gasteiger charge is -2.07. The highest BCUT2D eigenvalue weighted by atomic mass is 31.2. The van der Waals surface area contributed by atoms with Gasteiger partial charge < -0.3 is 20.1 Å². The predicted octanol–water partition coefficient (Wildman–Crippen LogP) is -1.15. The number of nitrogens with one attached hydrogen (secondary N) is 1. The monoisotopic (exact) mass is 171 g/mol. The lowest BCUT2D eigenvalue weighted by molar-refractivity contribution is 0.000261. The Labute approximate surface area is 57.6 Å². The maximum absolute atomic E-state index is 10.1. The number of aliphatic hydroxyl groups is 1. The van der Waals surface area contributed by atoms with Gasteiger partial charge in [-0.3, -0.25) is 4.57 Å². The van der Waals surface area contributed by atoms with Crippen molar-refractivity contribution >= 4 is 7.60 Å². The fourth-order valence-corrected chi connectivity index (χ4v) is 0.936. The Bertz CT molecular complexity index is 133. The molecule has 0 saturated heterocycles. The van der Waals surface area contributed by atoms with Crippen molar-refractivity contribution in [1.82, 2.24) is 5.48 Å². The Balaban J connectivity index is 3.46. The third kappa shape index (κ3) is 6.15. The molecule has 10 heavy (non-hydrogen) atoms. The van der Waals surface area contributed by atoms with Gasteiger partial charge in [0, 0.05) is 0 Å². The van der Waals surface area contributed by atoms with Crippen LogP contribution in [0.5, 0.6) is 0 Å². The van der Waals surface area contributed by atoms with E-state index in [1.807, 2.05) is 0 Å². The predicted molar refractivity (Wildman–Crippen MR) is 32.5 cm³/mol. The van der Waals surface area contributed by atoms with Crippen LogP contribution in [0.3, 0.4) is 0 Å². The summed E-state index contributed by atoms with van der Waals surface area (Å²) in [7, 11) is -4.04. The van der Waals surface area contributed by atoms with Crippen LogP contribution in [-0.2, 0) is 4.57 Å². The molecule has 0 bridgehead atoms. The fraction of sp³-hybridized carbons (Fsp3) is 1.00. The van der Waals surface area contributed by atoms with Crippen LogP contribution in [0.2, 0.25) is 0 Å². The van der Waals surface area contributed by atoms with Crippen molar-refractivity contribution in [2.24, 2.45) is 0 Å². The molecule has 7 heteroatoms. The molecule has 62 valence electrons. The van der Waals surface area contributed by atoms with Gasteiger partial charge in [-0.2, -0.15) is 5.48 Å². The quantitative estimate of drug-likeness (QED) is 0.207. The summed E-state index contributed by atoms with van der Waals surface area (Å²) >= 11 is 0. The van der Waals surface area contributed by atoms with E-state index in [1.165, 1.54) is 5.48 Å². The first kappa shape index (κ1) is 10.0. The van der Waals surface area contributed by atoms with Gasteiger partial charge in [0.05, 0.1) is 6.16 Å². The summed E-state index contributed by atoms with van der Waals surface area (Å²) in [4.78, 5) is 16.5. The number of hydrogen-bond acceptors (Lipinski definition) is 4. The SMILES string of the molecule is O=P(O)(O)CCC(O)NO. The van der Waals surface area contributed by atoms with E-state index in [4.69, 9.17) is 20.1 Å². The molecule has 0 aromatic carbocycles. The van der Waals surface area contributed by atoms with E-state index >= 15 is 0 Å². The third-order valence-corrected chi connectivity index (χ3v) is 1.68. The van der Waals surface area contributed by atoms with E-state index in [9.17, 15) is 4.57 Å². The summed E-state index contributed by atoms with van der Waals surface area (Å²) in [5.74, 6) is 0. The van der Waals surface area contributed by atoms with Gasteiger partial charge in [0.1, 0.15) is 6.23 Å². The molecule has 0 radical (unpaired) electrons. The summed E-state index contributed by atoms with van der Waals surface area (Å²) < 4.78 is 10.1. The van der Waals surface area contributed by atoms with Crippen LogP contribution in [0.4, 0.5) is 0 Å². The summed E-state index contributed by atoms with van der Waals surface area (Å²) in [6.07, 6.45) is -1.89. The van der Waals surface area contributed by atoms with Crippen LogP contribution in [-0.4, -0.2) is 32.5 Å². The summed E-state index contributed by atoms with van der Waals surface area (Å²) in [6.45, 7) is 0. The van der Waals surface area contributed by atoms with E-state index < -0.39 is 20.0 Å². The van der Waals surface area contributed by atoms with Gasteiger partial charge in [-0.15, -0.1) is 0 Å². The minimum atomic E-state index is -4.04. The van der Waals surface area contributed by atoms with E-state index in [1.54, 1.807) is 0 Å². The highest BCUT2D eigenvalue weighted by molar-refractivity contribution is 7.51. The maximum atomic E-state index is 10.1. The van der Waals surface area contributed by atoms with Crippen molar-refractivity contribution in [2.45, 2.75) is 12.6 Å². The van der Waals surface area contributed by atoms with Crippen LogP contribution in [0.25, 0.3) is 0 Å². The van der Waals surface area contributed by atoms with Crippen LogP contribution < -0.4 is 5.48 Å². The zero-order valence-corrected chi connectivity index (χ0v) is 6.03. The van der Waals surface area contributed by atoms with Gasteiger partial charge in [-0.1, -0.05) is 0 Å². The van der Waals surface area contributed by atoms with Gasteiger partial charge in [0.25, 0.3) is 0 Å². The first-order chi connectivity index (χ1) is 4.45. The number of rotatable bonds is 4. The second-order valence-electron chi connectivity index (χ2n) is 1.82. The number of hydroxylamine groups is 1. The van der Waals surface area contributed by atoms with Gasteiger partial charge in [0.15, 0.2) is 0 Å². The maximum Gasteiger partial charge on any atom is 0.325 e. The number of aliphatic hydroxyl groups excluding tert-OH is 1. The molecule has 1 unspecified atom stereocenters. The molecule has 0 aromatic heterocycles. The van der Waals surface area contributed by atoms with Gasteiger partial charge in [-0.25, -0.2) is 0 Å². The number of hydrogen-bond donors (Lipinski definition) is 5. The van der Waals surface area contributed by atoms with Crippen LogP contribution in [0.15, 0.2) is 0 Å². The average molecular weight is 171 g/mol.